The van der Waals surface area contributed by atoms with Crippen molar-refractivity contribution in [2.24, 2.45) is 0 Å². The molecule has 0 radical (unpaired) electrons. The lowest BCUT2D eigenvalue weighted by Gasteiger charge is -2.17. The van der Waals surface area contributed by atoms with Gasteiger partial charge in [-0.2, -0.15) is 0 Å². The minimum atomic E-state index is -1.01. The van der Waals surface area contributed by atoms with Crippen molar-refractivity contribution < 1.29 is 9.90 Å². The molecule has 0 bridgehead atoms. The molecule has 3 nitrogen and oxygen atoms in total. The number of carbonyl (C=O) groups is 1. The first-order valence-electron chi connectivity index (χ1n) is 5.68. The van der Waals surface area contributed by atoms with Crippen LogP contribution in [-0.2, 0) is 4.79 Å². The van der Waals surface area contributed by atoms with E-state index in [1.54, 1.807) is 42.5 Å². The van der Waals surface area contributed by atoms with Crippen molar-refractivity contribution in [3.63, 3.8) is 0 Å². The first kappa shape index (κ1) is 15.2. The number of carboxylic acid groups (broad SMARTS) is 1. The van der Waals surface area contributed by atoms with Gasteiger partial charge in [-0.05, 0) is 40.2 Å². The van der Waals surface area contributed by atoms with Crippen LogP contribution in [0.25, 0.3) is 0 Å². The van der Waals surface area contributed by atoms with Gasteiger partial charge in [0.05, 0.1) is 5.02 Å². The second-order valence-electron chi connectivity index (χ2n) is 4.07. The summed E-state index contributed by atoms with van der Waals surface area (Å²) >= 11 is 15.3. The molecular weight excluding hydrogens is 365 g/mol. The number of rotatable bonds is 4. The van der Waals surface area contributed by atoms with E-state index in [9.17, 15) is 9.90 Å². The van der Waals surface area contributed by atoms with Crippen molar-refractivity contribution in [1.82, 2.24) is 0 Å². The summed E-state index contributed by atoms with van der Waals surface area (Å²) in [5, 5.41) is 13.3. The molecule has 0 spiro atoms. The van der Waals surface area contributed by atoms with Gasteiger partial charge in [0.1, 0.15) is 0 Å². The lowest BCUT2D eigenvalue weighted by molar-refractivity contribution is -0.138. The van der Waals surface area contributed by atoms with Gasteiger partial charge in [-0.3, -0.25) is 0 Å². The predicted octanol–water partition coefficient (Wildman–Crippen LogP) is 4.99. The van der Waals surface area contributed by atoms with Gasteiger partial charge in [0.25, 0.3) is 0 Å². The molecule has 0 fully saturated rings. The number of carboxylic acids is 1. The Morgan fingerprint density at radius 2 is 1.85 bits per heavy atom. The molecule has 20 heavy (non-hydrogen) atoms. The number of hydrogen-bond donors (Lipinski definition) is 2. The Bertz CT molecular complexity index is 649. The van der Waals surface area contributed by atoms with Crippen molar-refractivity contribution in [1.29, 1.82) is 0 Å². The molecule has 0 amide bonds. The summed E-state index contributed by atoms with van der Waals surface area (Å²) in [6.07, 6.45) is 0. The Morgan fingerprint density at radius 3 is 2.45 bits per heavy atom. The predicted molar refractivity (Wildman–Crippen MR) is 84.6 cm³/mol. The fourth-order valence-corrected chi connectivity index (χ4v) is 2.48. The molecular formula is C14H10BrCl2NO2. The summed E-state index contributed by atoms with van der Waals surface area (Å²) in [6.45, 7) is 0. The summed E-state index contributed by atoms with van der Waals surface area (Å²) < 4.78 is 0.687. The van der Waals surface area contributed by atoms with E-state index >= 15 is 0 Å². The minimum absolute atomic E-state index is 0.403. The Balaban J connectivity index is 2.33. The number of hydrogen-bond acceptors (Lipinski definition) is 2. The van der Waals surface area contributed by atoms with Gasteiger partial charge in [-0.1, -0.05) is 41.4 Å². The normalized spacial score (nSPS) is 11.9. The molecule has 1 atom stereocenters. The molecule has 6 heteroatoms. The molecule has 2 rings (SSSR count). The van der Waals surface area contributed by atoms with E-state index in [4.69, 9.17) is 23.2 Å². The highest BCUT2D eigenvalue weighted by molar-refractivity contribution is 9.10. The van der Waals surface area contributed by atoms with Gasteiger partial charge >= 0.3 is 5.97 Å². The fourth-order valence-electron chi connectivity index (χ4n) is 1.73. The van der Waals surface area contributed by atoms with Gasteiger partial charge < -0.3 is 10.4 Å². The Labute approximate surface area is 134 Å². The SMILES string of the molecule is O=C(O)C(Nc1ccc(Cl)c(Br)c1)c1ccccc1Cl. The van der Waals surface area contributed by atoms with Gasteiger partial charge in [-0.15, -0.1) is 0 Å². The Kier molecular flexibility index (Phi) is 4.91. The molecule has 0 heterocycles. The quantitative estimate of drug-likeness (QED) is 0.792. The van der Waals surface area contributed by atoms with E-state index in [2.05, 4.69) is 21.2 Å². The number of aliphatic carboxylic acids is 1. The number of anilines is 1. The lowest BCUT2D eigenvalue weighted by atomic mass is 10.1. The molecule has 0 saturated carbocycles. The largest absolute Gasteiger partial charge is 0.479 e. The van der Waals surface area contributed by atoms with Crippen molar-refractivity contribution in [2.75, 3.05) is 5.32 Å². The lowest BCUT2D eigenvalue weighted by Crippen LogP contribution is -2.20. The van der Waals surface area contributed by atoms with Crippen molar-refractivity contribution in [3.8, 4) is 0 Å². The average Bonchev–Trinajstić information content (AvgIpc) is 2.41. The third kappa shape index (κ3) is 3.45. The maximum absolute atomic E-state index is 11.4. The van der Waals surface area contributed by atoms with Gasteiger partial charge in [0, 0.05) is 20.7 Å². The van der Waals surface area contributed by atoms with E-state index in [0.717, 1.165) is 0 Å². The smallest absolute Gasteiger partial charge is 0.330 e. The summed E-state index contributed by atoms with van der Waals surface area (Å²) in [7, 11) is 0. The number of halogens is 3. The van der Waals surface area contributed by atoms with Crippen LogP contribution in [0.15, 0.2) is 46.9 Å². The maximum Gasteiger partial charge on any atom is 0.330 e. The van der Waals surface area contributed by atoms with E-state index < -0.39 is 12.0 Å². The molecule has 2 aromatic carbocycles. The van der Waals surface area contributed by atoms with Crippen molar-refractivity contribution >= 4 is 50.8 Å². The van der Waals surface area contributed by atoms with E-state index in [0.29, 0.717) is 25.8 Å². The molecule has 104 valence electrons. The summed E-state index contributed by atoms with van der Waals surface area (Å²) in [6, 6.07) is 11.0. The van der Waals surface area contributed by atoms with Gasteiger partial charge in [0.15, 0.2) is 6.04 Å². The summed E-state index contributed by atoms with van der Waals surface area (Å²) in [4.78, 5) is 11.4. The van der Waals surface area contributed by atoms with Crippen LogP contribution < -0.4 is 5.32 Å². The molecule has 0 aromatic heterocycles. The zero-order chi connectivity index (χ0) is 14.7. The standard InChI is InChI=1S/C14H10BrCl2NO2/c15-10-7-8(5-6-12(10)17)18-13(14(19)20)9-3-1-2-4-11(9)16/h1-7,13,18H,(H,19,20). The molecule has 1 unspecified atom stereocenters. The maximum atomic E-state index is 11.4. The van der Waals surface area contributed by atoms with E-state index in [1.165, 1.54) is 0 Å². The number of benzene rings is 2. The topological polar surface area (TPSA) is 49.3 Å². The highest BCUT2D eigenvalue weighted by atomic mass is 79.9. The van der Waals surface area contributed by atoms with Crippen LogP contribution in [0.2, 0.25) is 10.0 Å². The van der Waals surface area contributed by atoms with Crippen LogP contribution in [0.1, 0.15) is 11.6 Å². The molecule has 0 saturated heterocycles. The molecule has 0 aliphatic heterocycles. The van der Waals surface area contributed by atoms with Crippen LogP contribution in [0.4, 0.5) is 5.69 Å². The second-order valence-corrected chi connectivity index (χ2v) is 5.73. The molecule has 0 aliphatic carbocycles. The third-order valence-corrected chi connectivity index (χ3v) is 4.25. The van der Waals surface area contributed by atoms with Crippen LogP contribution in [0.3, 0.4) is 0 Å². The molecule has 2 aromatic rings. The van der Waals surface area contributed by atoms with Gasteiger partial charge in [0.2, 0.25) is 0 Å². The fraction of sp³-hybridized carbons (Fsp3) is 0.0714. The van der Waals surface area contributed by atoms with Crippen LogP contribution in [-0.4, -0.2) is 11.1 Å². The molecule has 0 aliphatic rings. The zero-order valence-corrected chi connectivity index (χ0v) is 13.2. The molecule has 2 N–H and O–H groups in total. The first-order valence-corrected chi connectivity index (χ1v) is 7.23. The van der Waals surface area contributed by atoms with Crippen LogP contribution in [0.5, 0.6) is 0 Å². The van der Waals surface area contributed by atoms with Crippen LogP contribution >= 0.6 is 39.1 Å². The summed E-state index contributed by atoms with van der Waals surface area (Å²) in [5.41, 5.74) is 1.14. The monoisotopic (exact) mass is 373 g/mol. The Morgan fingerprint density at radius 1 is 1.15 bits per heavy atom. The van der Waals surface area contributed by atoms with Crippen LogP contribution in [0, 0.1) is 0 Å². The minimum Gasteiger partial charge on any atom is -0.479 e. The van der Waals surface area contributed by atoms with Crippen molar-refractivity contribution in [2.45, 2.75) is 6.04 Å². The van der Waals surface area contributed by atoms with E-state index in [1.807, 2.05) is 0 Å². The second kappa shape index (κ2) is 6.48. The summed E-state index contributed by atoms with van der Waals surface area (Å²) in [5.74, 6) is -1.01. The highest BCUT2D eigenvalue weighted by Crippen LogP contribution is 2.30. The number of nitrogens with one attached hydrogen (secondary N) is 1. The zero-order valence-electron chi connectivity index (χ0n) is 10.1. The third-order valence-electron chi connectivity index (χ3n) is 2.69. The highest BCUT2D eigenvalue weighted by Gasteiger charge is 2.22. The Hall–Kier alpha value is -1.23. The average molecular weight is 375 g/mol. The first-order chi connectivity index (χ1) is 9.49. The van der Waals surface area contributed by atoms with Crippen molar-refractivity contribution in [3.05, 3.63) is 62.5 Å². The van der Waals surface area contributed by atoms with Gasteiger partial charge in [-0.25, -0.2) is 4.79 Å². The van der Waals surface area contributed by atoms with E-state index in [-0.39, 0.29) is 0 Å².